The van der Waals surface area contributed by atoms with Crippen molar-refractivity contribution in [3.8, 4) is 22.8 Å². The van der Waals surface area contributed by atoms with Gasteiger partial charge in [-0.3, -0.25) is 4.98 Å². The Morgan fingerprint density at radius 1 is 1.05 bits per heavy atom. The smallest absolute Gasteiger partial charge is 0.165 e. The Balaban J connectivity index is 2.10. The highest BCUT2D eigenvalue weighted by Crippen LogP contribution is 2.22. The van der Waals surface area contributed by atoms with Gasteiger partial charge in [0.1, 0.15) is 11.6 Å². The number of rotatable bonds is 3. The fraction of sp³-hybridized carbons (Fsp3) is 0.188. The monoisotopic (exact) mass is 280 g/mol. The molecule has 0 saturated carbocycles. The van der Waals surface area contributed by atoms with E-state index in [1.165, 1.54) is 0 Å². The second-order valence-corrected chi connectivity index (χ2v) is 4.84. The molecule has 0 spiro atoms. The van der Waals surface area contributed by atoms with Gasteiger partial charge in [0.15, 0.2) is 5.82 Å². The normalized spacial score (nSPS) is 10.6. The quantitative estimate of drug-likeness (QED) is 0.740. The molecule has 0 aliphatic heterocycles. The van der Waals surface area contributed by atoms with Gasteiger partial charge in [-0.25, -0.2) is 9.67 Å². The third-order valence-corrected chi connectivity index (χ3v) is 3.16. The molecule has 0 aliphatic rings. The Kier molecular flexibility index (Phi) is 3.39. The van der Waals surface area contributed by atoms with Gasteiger partial charge in [-0.1, -0.05) is 0 Å². The van der Waals surface area contributed by atoms with Crippen LogP contribution in [0.25, 0.3) is 17.1 Å². The van der Waals surface area contributed by atoms with Crippen molar-refractivity contribution in [2.75, 3.05) is 7.11 Å². The number of benzene rings is 1. The maximum Gasteiger partial charge on any atom is 0.165 e. The van der Waals surface area contributed by atoms with Gasteiger partial charge in [0, 0.05) is 18.0 Å². The van der Waals surface area contributed by atoms with E-state index in [9.17, 15) is 0 Å². The van der Waals surface area contributed by atoms with Gasteiger partial charge in [-0.2, -0.15) is 5.10 Å². The minimum Gasteiger partial charge on any atom is -0.497 e. The molecular formula is C16H16N4O. The maximum atomic E-state index is 5.19. The standard InChI is InChI=1S/C16H16N4O/c1-11-8-13(10-17-9-11)16-18-12(2)19-20(16)14-4-6-15(21-3)7-5-14/h4-10H,1-3H3. The van der Waals surface area contributed by atoms with Crippen molar-refractivity contribution in [2.45, 2.75) is 13.8 Å². The second kappa shape index (κ2) is 5.36. The molecule has 2 heterocycles. The summed E-state index contributed by atoms with van der Waals surface area (Å²) in [6, 6.07) is 9.78. The van der Waals surface area contributed by atoms with E-state index in [2.05, 4.69) is 21.1 Å². The molecule has 5 heteroatoms. The molecular weight excluding hydrogens is 264 g/mol. The minimum absolute atomic E-state index is 0.724. The number of nitrogens with zero attached hydrogens (tertiary/aromatic N) is 4. The number of aryl methyl sites for hydroxylation is 2. The van der Waals surface area contributed by atoms with E-state index in [0.717, 1.165) is 34.2 Å². The lowest BCUT2D eigenvalue weighted by Crippen LogP contribution is -2.00. The van der Waals surface area contributed by atoms with E-state index < -0.39 is 0 Å². The highest BCUT2D eigenvalue weighted by Gasteiger charge is 2.12. The average Bonchev–Trinajstić information content (AvgIpc) is 2.89. The number of hydrogen-bond donors (Lipinski definition) is 0. The Hall–Kier alpha value is -2.69. The van der Waals surface area contributed by atoms with E-state index in [0.29, 0.717) is 0 Å². The van der Waals surface area contributed by atoms with Gasteiger partial charge in [0.05, 0.1) is 12.8 Å². The van der Waals surface area contributed by atoms with Gasteiger partial charge in [0.2, 0.25) is 0 Å². The second-order valence-electron chi connectivity index (χ2n) is 4.84. The molecule has 0 fully saturated rings. The fourth-order valence-electron chi connectivity index (χ4n) is 2.18. The summed E-state index contributed by atoms with van der Waals surface area (Å²) >= 11 is 0. The minimum atomic E-state index is 0.724. The summed E-state index contributed by atoms with van der Waals surface area (Å²) in [5.41, 5.74) is 2.98. The molecule has 0 unspecified atom stereocenters. The first-order valence-corrected chi connectivity index (χ1v) is 6.67. The Morgan fingerprint density at radius 3 is 2.48 bits per heavy atom. The van der Waals surface area contributed by atoms with Crippen LogP contribution in [0.1, 0.15) is 11.4 Å². The molecule has 3 aromatic rings. The third-order valence-electron chi connectivity index (χ3n) is 3.16. The summed E-state index contributed by atoms with van der Waals surface area (Å²) < 4.78 is 7.01. The fourth-order valence-corrected chi connectivity index (χ4v) is 2.18. The van der Waals surface area contributed by atoms with Crippen LogP contribution in [-0.2, 0) is 0 Å². The highest BCUT2D eigenvalue weighted by atomic mass is 16.5. The molecule has 0 saturated heterocycles. The number of ether oxygens (including phenoxy) is 1. The van der Waals surface area contributed by atoms with E-state index in [4.69, 9.17) is 4.74 Å². The summed E-state index contributed by atoms with van der Waals surface area (Å²) in [7, 11) is 1.65. The van der Waals surface area contributed by atoms with E-state index in [1.807, 2.05) is 49.0 Å². The van der Waals surface area contributed by atoms with E-state index in [-0.39, 0.29) is 0 Å². The molecule has 3 rings (SSSR count). The van der Waals surface area contributed by atoms with Crippen molar-refractivity contribution in [3.63, 3.8) is 0 Å². The largest absolute Gasteiger partial charge is 0.497 e. The summed E-state index contributed by atoms with van der Waals surface area (Å²) in [6.07, 6.45) is 3.63. The summed E-state index contributed by atoms with van der Waals surface area (Å²) in [6.45, 7) is 3.89. The van der Waals surface area contributed by atoms with Gasteiger partial charge < -0.3 is 4.74 Å². The number of hydrogen-bond acceptors (Lipinski definition) is 4. The van der Waals surface area contributed by atoms with Crippen LogP contribution in [-0.4, -0.2) is 26.9 Å². The number of aromatic nitrogens is 4. The van der Waals surface area contributed by atoms with E-state index >= 15 is 0 Å². The van der Waals surface area contributed by atoms with Crippen molar-refractivity contribution in [1.82, 2.24) is 19.7 Å². The summed E-state index contributed by atoms with van der Waals surface area (Å²) in [5, 5.41) is 4.48. The van der Waals surface area contributed by atoms with Crippen LogP contribution < -0.4 is 4.74 Å². The van der Waals surface area contributed by atoms with Crippen molar-refractivity contribution in [1.29, 1.82) is 0 Å². The topological polar surface area (TPSA) is 52.8 Å². The average molecular weight is 280 g/mol. The highest BCUT2D eigenvalue weighted by molar-refractivity contribution is 5.58. The van der Waals surface area contributed by atoms with Crippen LogP contribution in [0, 0.1) is 13.8 Å². The zero-order valence-corrected chi connectivity index (χ0v) is 12.2. The molecule has 0 atom stereocenters. The SMILES string of the molecule is COc1ccc(-n2nc(C)nc2-c2cncc(C)c2)cc1. The van der Waals surface area contributed by atoms with Crippen molar-refractivity contribution in [2.24, 2.45) is 0 Å². The lowest BCUT2D eigenvalue weighted by molar-refractivity contribution is 0.414. The van der Waals surface area contributed by atoms with Gasteiger partial charge in [-0.05, 0) is 49.7 Å². The van der Waals surface area contributed by atoms with Crippen molar-refractivity contribution < 1.29 is 4.74 Å². The summed E-state index contributed by atoms with van der Waals surface area (Å²) in [4.78, 5) is 8.75. The van der Waals surface area contributed by atoms with Crippen LogP contribution >= 0.6 is 0 Å². The molecule has 0 bridgehead atoms. The molecule has 106 valence electrons. The van der Waals surface area contributed by atoms with Crippen LogP contribution in [0.2, 0.25) is 0 Å². The van der Waals surface area contributed by atoms with Crippen molar-refractivity contribution >= 4 is 0 Å². The zero-order chi connectivity index (χ0) is 14.8. The van der Waals surface area contributed by atoms with E-state index in [1.54, 1.807) is 13.3 Å². The Bertz CT molecular complexity index is 762. The van der Waals surface area contributed by atoms with Crippen LogP contribution in [0.5, 0.6) is 5.75 Å². The van der Waals surface area contributed by atoms with Crippen LogP contribution in [0.4, 0.5) is 0 Å². The first-order chi connectivity index (χ1) is 10.2. The molecule has 0 radical (unpaired) electrons. The van der Waals surface area contributed by atoms with Gasteiger partial charge in [0.25, 0.3) is 0 Å². The summed E-state index contributed by atoms with van der Waals surface area (Å²) in [5.74, 6) is 2.32. The molecule has 2 aromatic heterocycles. The molecule has 5 nitrogen and oxygen atoms in total. The van der Waals surface area contributed by atoms with Crippen LogP contribution in [0.3, 0.4) is 0 Å². The molecule has 0 aliphatic carbocycles. The van der Waals surface area contributed by atoms with Crippen molar-refractivity contribution in [3.05, 3.63) is 54.1 Å². The Labute approximate surface area is 123 Å². The lowest BCUT2D eigenvalue weighted by atomic mass is 10.2. The van der Waals surface area contributed by atoms with Gasteiger partial charge in [-0.15, -0.1) is 0 Å². The predicted molar refractivity (Wildman–Crippen MR) is 80.6 cm³/mol. The van der Waals surface area contributed by atoms with Gasteiger partial charge >= 0.3 is 0 Å². The molecule has 0 N–H and O–H groups in total. The first kappa shape index (κ1) is 13.3. The number of methoxy groups -OCH3 is 1. The Morgan fingerprint density at radius 2 is 1.81 bits per heavy atom. The lowest BCUT2D eigenvalue weighted by Gasteiger charge is -2.07. The molecule has 1 aromatic carbocycles. The predicted octanol–water partition coefficient (Wildman–Crippen LogP) is 2.95. The number of pyridine rings is 1. The first-order valence-electron chi connectivity index (χ1n) is 6.67. The van der Waals surface area contributed by atoms with Crippen LogP contribution in [0.15, 0.2) is 42.7 Å². The zero-order valence-electron chi connectivity index (χ0n) is 12.2. The third kappa shape index (κ3) is 2.63. The molecule has 21 heavy (non-hydrogen) atoms. The molecule has 0 amide bonds. The maximum absolute atomic E-state index is 5.19.